The van der Waals surface area contributed by atoms with Crippen LogP contribution in [0, 0.1) is 6.92 Å². The molecule has 4 rings (SSSR count). The molecule has 1 N–H and O–H groups in total. The van der Waals surface area contributed by atoms with Crippen molar-refractivity contribution in [3.8, 4) is 0 Å². The number of amides is 1. The Bertz CT molecular complexity index is 1360. The highest BCUT2D eigenvalue weighted by atomic mass is 32.2. The molecule has 4 aromatic rings. The molecular weight excluding hydrogens is 412 g/mol. The second-order valence-corrected chi connectivity index (χ2v) is 9.48. The topological polar surface area (TPSA) is 79.6 Å². The molecule has 6 nitrogen and oxygen atoms in total. The summed E-state index contributed by atoms with van der Waals surface area (Å²) >= 11 is 0. The second-order valence-electron chi connectivity index (χ2n) is 7.62. The molecule has 3 aromatic carbocycles. The number of para-hydroxylation sites is 1. The summed E-state index contributed by atoms with van der Waals surface area (Å²) in [5, 5.41) is 4.82. The van der Waals surface area contributed by atoms with Crippen LogP contribution in [0.5, 0.6) is 0 Å². The summed E-state index contributed by atoms with van der Waals surface area (Å²) < 4.78 is 32.2. The standard InChI is InChI=1S/C24H24N2O4S/c1-4-21(26(31(3,28)29)18-12-9-16(2)10-13-18)24(27)25-17-11-14-20-19-7-5-6-8-22(19)30-23(20)15-17/h5-15,21H,4H2,1-3H3,(H,25,27)/t21-/m1/s1. The number of rotatable bonds is 6. The average molecular weight is 437 g/mol. The number of hydrogen-bond acceptors (Lipinski definition) is 4. The van der Waals surface area contributed by atoms with Crippen LogP contribution < -0.4 is 9.62 Å². The fourth-order valence-corrected chi connectivity index (χ4v) is 4.99. The molecule has 7 heteroatoms. The molecular formula is C24H24N2O4S. The van der Waals surface area contributed by atoms with Crippen molar-refractivity contribution in [1.29, 1.82) is 0 Å². The largest absolute Gasteiger partial charge is 0.456 e. The summed E-state index contributed by atoms with van der Waals surface area (Å²) in [5.74, 6) is -0.399. The normalized spacial score (nSPS) is 12.7. The number of sulfonamides is 1. The molecule has 31 heavy (non-hydrogen) atoms. The van der Waals surface area contributed by atoms with Crippen molar-refractivity contribution in [1.82, 2.24) is 0 Å². The van der Waals surface area contributed by atoms with Crippen molar-refractivity contribution in [3.05, 3.63) is 72.3 Å². The third kappa shape index (κ3) is 4.14. The van der Waals surface area contributed by atoms with Crippen molar-refractivity contribution >= 4 is 49.2 Å². The minimum Gasteiger partial charge on any atom is -0.456 e. The van der Waals surface area contributed by atoms with Crippen molar-refractivity contribution in [2.24, 2.45) is 0 Å². The minimum atomic E-state index is -3.68. The molecule has 0 aliphatic rings. The van der Waals surface area contributed by atoms with Crippen LogP contribution in [0.1, 0.15) is 18.9 Å². The van der Waals surface area contributed by atoms with E-state index in [1.807, 2.05) is 49.4 Å². The van der Waals surface area contributed by atoms with Crippen LogP contribution in [-0.2, 0) is 14.8 Å². The molecule has 0 aliphatic heterocycles. The van der Waals surface area contributed by atoms with E-state index in [-0.39, 0.29) is 0 Å². The first kappa shape index (κ1) is 20.9. The van der Waals surface area contributed by atoms with Crippen LogP contribution in [0.4, 0.5) is 11.4 Å². The monoisotopic (exact) mass is 436 g/mol. The van der Waals surface area contributed by atoms with Crippen LogP contribution in [0.3, 0.4) is 0 Å². The number of fused-ring (bicyclic) bond motifs is 3. The van der Waals surface area contributed by atoms with Gasteiger partial charge in [0.05, 0.1) is 11.9 Å². The average Bonchev–Trinajstić information content (AvgIpc) is 3.09. The predicted octanol–water partition coefficient (Wildman–Crippen LogP) is 5.08. The van der Waals surface area contributed by atoms with Crippen molar-refractivity contribution in [2.75, 3.05) is 15.9 Å². The van der Waals surface area contributed by atoms with Crippen molar-refractivity contribution < 1.29 is 17.6 Å². The Morgan fingerprint density at radius 1 is 1.00 bits per heavy atom. The zero-order chi connectivity index (χ0) is 22.2. The molecule has 1 aromatic heterocycles. The Kier molecular flexibility index (Phi) is 5.45. The van der Waals surface area contributed by atoms with Gasteiger partial charge in [-0.1, -0.05) is 42.8 Å². The summed E-state index contributed by atoms with van der Waals surface area (Å²) in [7, 11) is -3.68. The SMILES string of the molecule is CC[C@H](C(=O)Nc1ccc2c(c1)oc1ccccc12)N(c1ccc(C)cc1)S(C)(=O)=O. The summed E-state index contributed by atoms with van der Waals surface area (Å²) in [5.41, 5.74) is 3.45. The van der Waals surface area contributed by atoms with Gasteiger partial charge in [0.1, 0.15) is 17.2 Å². The van der Waals surface area contributed by atoms with Gasteiger partial charge in [0.15, 0.2) is 0 Å². The predicted molar refractivity (Wildman–Crippen MR) is 125 cm³/mol. The maximum atomic E-state index is 13.1. The Labute approximate surface area is 181 Å². The lowest BCUT2D eigenvalue weighted by molar-refractivity contribution is -0.117. The molecule has 160 valence electrons. The van der Waals surface area contributed by atoms with Gasteiger partial charge >= 0.3 is 0 Å². The first-order valence-electron chi connectivity index (χ1n) is 10.1. The quantitative estimate of drug-likeness (QED) is 0.457. The molecule has 0 fully saturated rings. The molecule has 0 aliphatic carbocycles. The maximum Gasteiger partial charge on any atom is 0.248 e. The number of nitrogens with zero attached hydrogens (tertiary/aromatic N) is 1. The van der Waals surface area contributed by atoms with Gasteiger partial charge in [-0.15, -0.1) is 0 Å². The molecule has 0 radical (unpaired) electrons. The highest BCUT2D eigenvalue weighted by molar-refractivity contribution is 7.92. The van der Waals surface area contributed by atoms with E-state index in [4.69, 9.17) is 4.42 Å². The fourth-order valence-electron chi connectivity index (χ4n) is 3.78. The lowest BCUT2D eigenvalue weighted by atomic mass is 10.1. The number of furan rings is 1. The maximum absolute atomic E-state index is 13.1. The third-order valence-corrected chi connectivity index (χ3v) is 6.44. The Hall–Kier alpha value is -3.32. The minimum absolute atomic E-state index is 0.319. The van der Waals surface area contributed by atoms with E-state index in [1.54, 1.807) is 31.2 Å². The number of anilines is 2. The number of carbonyl (C=O) groups is 1. The Balaban J connectivity index is 1.66. The van der Waals surface area contributed by atoms with Crippen LogP contribution in [-0.4, -0.2) is 26.6 Å². The lowest BCUT2D eigenvalue weighted by Gasteiger charge is -2.30. The summed E-state index contributed by atoms with van der Waals surface area (Å²) in [6.07, 6.45) is 1.43. The van der Waals surface area contributed by atoms with E-state index in [0.29, 0.717) is 23.4 Å². The van der Waals surface area contributed by atoms with Gasteiger partial charge in [0.25, 0.3) is 0 Å². The first-order chi connectivity index (χ1) is 14.8. The summed E-state index contributed by atoms with van der Waals surface area (Å²) in [4.78, 5) is 13.1. The van der Waals surface area contributed by atoms with Gasteiger partial charge < -0.3 is 9.73 Å². The Morgan fingerprint density at radius 3 is 2.35 bits per heavy atom. The second kappa shape index (κ2) is 8.07. The number of benzene rings is 3. The molecule has 0 bridgehead atoms. The molecule has 1 atom stereocenters. The van der Waals surface area contributed by atoms with Gasteiger partial charge in [-0.2, -0.15) is 0 Å². The number of aryl methyl sites for hydroxylation is 1. The first-order valence-corrected chi connectivity index (χ1v) is 11.9. The Morgan fingerprint density at radius 2 is 1.68 bits per heavy atom. The van der Waals surface area contributed by atoms with Gasteiger partial charge in [-0.25, -0.2) is 8.42 Å². The van der Waals surface area contributed by atoms with Crippen LogP contribution >= 0.6 is 0 Å². The zero-order valence-electron chi connectivity index (χ0n) is 17.6. The van der Waals surface area contributed by atoms with Crippen LogP contribution in [0.15, 0.2) is 71.1 Å². The fraction of sp³-hybridized carbons (Fsp3) is 0.208. The molecule has 1 amide bonds. The lowest BCUT2D eigenvalue weighted by Crippen LogP contribution is -2.47. The highest BCUT2D eigenvalue weighted by Gasteiger charge is 2.31. The third-order valence-electron chi connectivity index (χ3n) is 5.26. The van der Waals surface area contributed by atoms with E-state index in [2.05, 4.69) is 5.32 Å². The van der Waals surface area contributed by atoms with Gasteiger partial charge in [-0.05, 0) is 43.7 Å². The highest BCUT2D eigenvalue weighted by Crippen LogP contribution is 2.31. The van der Waals surface area contributed by atoms with E-state index in [0.717, 1.165) is 28.2 Å². The molecule has 0 spiro atoms. The van der Waals surface area contributed by atoms with E-state index >= 15 is 0 Å². The van der Waals surface area contributed by atoms with Crippen LogP contribution in [0.25, 0.3) is 21.9 Å². The van der Waals surface area contributed by atoms with Crippen molar-refractivity contribution in [3.63, 3.8) is 0 Å². The molecule has 1 heterocycles. The summed E-state index contributed by atoms with van der Waals surface area (Å²) in [6, 6.07) is 19.4. The van der Waals surface area contributed by atoms with Crippen molar-refractivity contribution in [2.45, 2.75) is 26.3 Å². The van der Waals surface area contributed by atoms with Gasteiger partial charge in [0, 0.05) is 22.5 Å². The summed E-state index contributed by atoms with van der Waals surface area (Å²) in [6.45, 7) is 3.71. The van der Waals surface area contributed by atoms with E-state index in [9.17, 15) is 13.2 Å². The number of hydrogen-bond donors (Lipinski definition) is 1. The molecule has 0 saturated carbocycles. The van der Waals surface area contributed by atoms with Gasteiger partial charge in [0.2, 0.25) is 15.9 Å². The van der Waals surface area contributed by atoms with Gasteiger partial charge in [-0.3, -0.25) is 9.10 Å². The van der Waals surface area contributed by atoms with E-state index < -0.39 is 22.0 Å². The smallest absolute Gasteiger partial charge is 0.248 e. The van der Waals surface area contributed by atoms with Crippen LogP contribution in [0.2, 0.25) is 0 Å². The molecule has 0 saturated heterocycles. The molecule has 0 unspecified atom stereocenters. The van der Waals surface area contributed by atoms with E-state index in [1.165, 1.54) is 4.31 Å². The number of carbonyl (C=O) groups excluding carboxylic acids is 1. The number of nitrogens with one attached hydrogen (secondary N) is 1. The zero-order valence-corrected chi connectivity index (χ0v) is 18.4.